The van der Waals surface area contributed by atoms with Crippen molar-refractivity contribution < 1.29 is 34.8 Å². The zero-order valence-corrected chi connectivity index (χ0v) is 32.2. The molecule has 0 radical (unpaired) electrons. The molecule has 1 aliphatic heterocycles. The van der Waals surface area contributed by atoms with Crippen molar-refractivity contribution in [3.8, 4) is 0 Å². The molecule has 292 valence electrons. The number of hydrogen-bond donors (Lipinski definition) is 6. The van der Waals surface area contributed by atoms with Crippen LogP contribution in [-0.4, -0.2) is 113 Å². The van der Waals surface area contributed by atoms with Crippen LogP contribution in [0, 0.1) is 27.1 Å². The van der Waals surface area contributed by atoms with Crippen molar-refractivity contribution in [3.05, 3.63) is 64.0 Å². The number of carboxylic acid groups (broad SMARTS) is 1. The molecule has 1 aromatic heterocycles. The van der Waals surface area contributed by atoms with E-state index in [0.717, 1.165) is 61.8 Å². The second kappa shape index (κ2) is 14.1. The zero-order chi connectivity index (χ0) is 38.7. The topological polar surface area (TPSA) is 180 Å². The third-order valence-electron chi connectivity index (χ3n) is 14.4. The predicted molar refractivity (Wildman–Crippen MR) is 206 cm³/mol. The number of aldehydes is 1. The number of likely N-dealkylation sites (N-methyl/N-ethyl adjacent to an activating group) is 1. The minimum absolute atomic E-state index is 0.0307. The van der Waals surface area contributed by atoms with E-state index in [2.05, 4.69) is 29.0 Å². The molecule has 7 atom stereocenters. The number of nitrogens with zero attached hydrogens (tertiary/aromatic N) is 3. The summed E-state index contributed by atoms with van der Waals surface area (Å²) in [7, 11) is 2.00. The number of allylic oxidation sites excluding steroid dienone is 2. The molecule has 4 aliphatic carbocycles. The van der Waals surface area contributed by atoms with Crippen molar-refractivity contribution >= 4 is 29.9 Å². The fourth-order valence-electron chi connectivity index (χ4n) is 12.6. The molecule has 12 heteroatoms. The van der Waals surface area contributed by atoms with Crippen molar-refractivity contribution in [1.82, 2.24) is 15.2 Å². The molecular weight excluding hydrogens is 686 g/mol. The summed E-state index contributed by atoms with van der Waals surface area (Å²) in [6, 6.07) is 9.30. The number of anilines is 1. The number of carboxylic acids is 1. The third kappa shape index (κ3) is 6.00. The minimum atomic E-state index is -1.16. The summed E-state index contributed by atoms with van der Waals surface area (Å²) in [5.74, 6) is -0.628. The molecule has 12 nitrogen and oxygen atoms in total. The van der Waals surface area contributed by atoms with Gasteiger partial charge in [0.2, 0.25) is 0 Å². The number of rotatable bonds is 18. The fraction of sp³-hybridized carbons (Fsp3) is 0.619. The number of ether oxygens (including phenoxy) is 1. The van der Waals surface area contributed by atoms with E-state index in [1.807, 2.05) is 37.1 Å². The lowest BCUT2D eigenvalue weighted by Crippen LogP contribution is -2.79. The molecule has 7 unspecified atom stereocenters. The Bertz CT molecular complexity index is 1850. The van der Waals surface area contributed by atoms with Crippen molar-refractivity contribution in [2.45, 2.75) is 96.5 Å². The van der Waals surface area contributed by atoms with Crippen LogP contribution in [0.5, 0.6) is 0 Å². The summed E-state index contributed by atoms with van der Waals surface area (Å²) in [6.07, 6.45) is 6.96. The lowest BCUT2D eigenvalue weighted by atomic mass is 9.21. The largest absolute Gasteiger partial charge is 0.476 e. The van der Waals surface area contributed by atoms with Crippen LogP contribution in [0.1, 0.15) is 103 Å². The average molecular weight is 744 g/mol. The summed E-state index contributed by atoms with van der Waals surface area (Å²) >= 11 is 0. The summed E-state index contributed by atoms with van der Waals surface area (Å²) in [6.45, 7) is 10.4. The summed E-state index contributed by atoms with van der Waals surface area (Å²) in [4.78, 5) is 33.1. The van der Waals surface area contributed by atoms with E-state index >= 15 is 0 Å². The first-order chi connectivity index (χ1) is 25.7. The third-order valence-corrected chi connectivity index (χ3v) is 14.4. The molecular formula is C42H57N5O7. The first-order valence-corrected chi connectivity index (χ1v) is 19.5. The highest BCUT2D eigenvalue weighted by molar-refractivity contribution is 6.12. The maximum absolute atomic E-state index is 12.7. The molecule has 54 heavy (non-hydrogen) atoms. The number of benzene rings is 1. The van der Waals surface area contributed by atoms with Crippen LogP contribution in [0.25, 0.3) is 5.57 Å². The molecule has 1 aromatic carbocycles. The van der Waals surface area contributed by atoms with Gasteiger partial charge < -0.3 is 45.7 Å². The number of carbonyl (C=O) groups is 2. The minimum Gasteiger partial charge on any atom is -0.476 e. The molecule has 6 N–H and O–H groups in total. The van der Waals surface area contributed by atoms with Crippen molar-refractivity contribution in [3.63, 3.8) is 0 Å². The monoisotopic (exact) mass is 743 g/mol. The second-order valence-corrected chi connectivity index (χ2v) is 17.6. The number of aliphatic hydroxyl groups is 3. The standard InChI is InChI=1S/C42H57N5O7/c1-27(31(18-43)30-8-9-35(45-36(30)37(52)53)47-14-10-28-6-5-7-29(20-49)32(28)19-47)44-26-40-22-38(2)21-39(3)23-41(24-40,25-42(38,39)40)54-17-15-46(4)13-11-33(50)34(51)12-16-48/h5-9,18,20,33-34,43-44,48,50-51H,10-17,19,21-26H2,1-4H3,(H,52,53)/b31-27+,43-18?. The Labute approximate surface area is 318 Å². The molecule has 4 fully saturated rings. The van der Waals surface area contributed by atoms with E-state index in [1.165, 1.54) is 12.6 Å². The average Bonchev–Trinajstić information content (AvgIpc) is 3.55. The Morgan fingerprint density at radius 3 is 2.54 bits per heavy atom. The van der Waals surface area contributed by atoms with Gasteiger partial charge in [0.15, 0.2) is 5.69 Å². The van der Waals surface area contributed by atoms with Crippen LogP contribution in [-0.2, 0) is 17.7 Å². The zero-order valence-electron chi connectivity index (χ0n) is 32.2. The summed E-state index contributed by atoms with van der Waals surface area (Å²) in [5.41, 5.74) is 4.69. The van der Waals surface area contributed by atoms with Crippen molar-refractivity contribution in [2.75, 3.05) is 51.3 Å². The Balaban J connectivity index is 1.05. The van der Waals surface area contributed by atoms with Crippen LogP contribution in [0.15, 0.2) is 36.0 Å². The number of aliphatic hydroxyl groups excluding tert-OH is 3. The predicted octanol–water partition coefficient (Wildman–Crippen LogP) is 4.30. The van der Waals surface area contributed by atoms with Gasteiger partial charge in [-0.1, -0.05) is 32.0 Å². The lowest BCUT2D eigenvalue weighted by Gasteiger charge is -2.83. The molecule has 2 bridgehead atoms. The van der Waals surface area contributed by atoms with E-state index in [1.54, 1.807) is 12.1 Å². The molecule has 4 saturated carbocycles. The Morgan fingerprint density at radius 2 is 1.83 bits per heavy atom. The van der Waals surface area contributed by atoms with Crippen LogP contribution < -0.4 is 10.2 Å². The summed E-state index contributed by atoms with van der Waals surface area (Å²) in [5, 5.41) is 51.7. The highest BCUT2D eigenvalue weighted by Gasteiger charge is 2.92. The van der Waals surface area contributed by atoms with E-state index in [-0.39, 0.29) is 46.0 Å². The smallest absolute Gasteiger partial charge is 0.355 e. The Morgan fingerprint density at radius 1 is 1.07 bits per heavy atom. The first-order valence-electron chi connectivity index (χ1n) is 19.5. The van der Waals surface area contributed by atoms with E-state index < -0.39 is 18.2 Å². The highest BCUT2D eigenvalue weighted by Crippen LogP contribution is 2.96. The second-order valence-electron chi connectivity index (χ2n) is 17.6. The summed E-state index contributed by atoms with van der Waals surface area (Å²) < 4.78 is 6.88. The van der Waals surface area contributed by atoms with Crippen LogP contribution in [0.2, 0.25) is 0 Å². The van der Waals surface area contributed by atoms with Gasteiger partial charge in [-0.3, -0.25) is 4.79 Å². The molecule has 0 saturated heterocycles. The van der Waals surface area contributed by atoms with Gasteiger partial charge in [-0.2, -0.15) is 0 Å². The van der Waals surface area contributed by atoms with Gasteiger partial charge >= 0.3 is 5.97 Å². The van der Waals surface area contributed by atoms with E-state index in [0.29, 0.717) is 61.7 Å². The van der Waals surface area contributed by atoms with Crippen molar-refractivity contribution in [2.24, 2.45) is 21.7 Å². The molecule has 2 aromatic rings. The normalized spacial score (nSPS) is 31.8. The SMILES string of the molecule is C/C(NCC12CC3(OCCN(C)CCC(O)C(O)CCO)CC4(C)CC(C)(C1)C42C3)=C(/C=N)c1ccc(N2CCc3cccc(C=O)c3C2)nc1C(=O)O. The van der Waals surface area contributed by atoms with Crippen LogP contribution in [0.4, 0.5) is 5.82 Å². The van der Waals surface area contributed by atoms with Gasteiger partial charge in [0.05, 0.1) is 24.4 Å². The van der Waals surface area contributed by atoms with Gasteiger partial charge in [0, 0.05) is 67.9 Å². The fourth-order valence-corrected chi connectivity index (χ4v) is 12.6. The maximum atomic E-state index is 12.7. The molecule has 5 aliphatic rings. The van der Waals surface area contributed by atoms with Crippen LogP contribution >= 0.6 is 0 Å². The number of carbonyl (C=O) groups excluding carboxylic acids is 1. The van der Waals surface area contributed by atoms with Crippen molar-refractivity contribution in [1.29, 1.82) is 5.41 Å². The number of fused-ring (bicyclic) bond motifs is 2. The number of aromatic nitrogens is 1. The number of aromatic carboxylic acids is 1. The van der Waals surface area contributed by atoms with E-state index in [4.69, 9.17) is 15.3 Å². The van der Waals surface area contributed by atoms with Gasteiger partial charge in [-0.05, 0) is 110 Å². The molecule has 7 rings (SSSR count). The van der Waals surface area contributed by atoms with Gasteiger partial charge in [0.1, 0.15) is 12.1 Å². The highest BCUT2D eigenvalue weighted by atomic mass is 16.5. The number of nitrogens with one attached hydrogen (secondary N) is 2. The Hall–Kier alpha value is -3.68. The number of hydrogen-bond acceptors (Lipinski definition) is 11. The lowest BCUT2D eigenvalue weighted by molar-refractivity contribution is -0.352. The van der Waals surface area contributed by atoms with Gasteiger partial charge in [0.25, 0.3) is 0 Å². The van der Waals surface area contributed by atoms with Gasteiger partial charge in [-0.25, -0.2) is 9.78 Å². The quantitative estimate of drug-likeness (QED) is 0.0948. The molecule has 2 heterocycles. The van der Waals surface area contributed by atoms with Gasteiger partial charge in [-0.15, -0.1) is 0 Å². The molecule has 0 amide bonds. The first kappa shape index (κ1) is 38.6. The Kier molecular flexibility index (Phi) is 10.1. The number of pyridine rings is 1. The van der Waals surface area contributed by atoms with Crippen LogP contribution in [0.3, 0.4) is 0 Å². The maximum Gasteiger partial charge on any atom is 0.355 e. The molecule has 1 spiro atoms. The van der Waals surface area contributed by atoms with E-state index in [9.17, 15) is 24.9 Å².